The van der Waals surface area contributed by atoms with Gasteiger partial charge in [0, 0.05) is 21.0 Å². The van der Waals surface area contributed by atoms with Crippen LogP contribution >= 0.6 is 15.9 Å². The number of furan rings is 1. The number of aryl methyl sites for hydroxylation is 1. The maximum absolute atomic E-state index is 12.8. The van der Waals surface area contributed by atoms with Gasteiger partial charge in [0.05, 0.1) is 0 Å². The number of ketones is 1. The van der Waals surface area contributed by atoms with Crippen LogP contribution in [0.1, 0.15) is 26.5 Å². The number of carbonyl (C=O) groups excluding carboxylic acids is 2. The first-order chi connectivity index (χ1) is 11.5. The number of hydrogen-bond donors (Lipinski definition) is 0. The Hall–Kier alpha value is -2.47. The van der Waals surface area contributed by atoms with Crippen LogP contribution in [-0.4, -0.2) is 18.4 Å². The van der Waals surface area contributed by atoms with Crippen LogP contribution in [0, 0.1) is 12.7 Å². The normalized spacial score (nSPS) is 10.8. The minimum Gasteiger partial charge on any atom is -0.451 e. The van der Waals surface area contributed by atoms with E-state index in [1.807, 2.05) is 6.07 Å². The number of ether oxygens (including phenoxy) is 1. The van der Waals surface area contributed by atoms with Gasteiger partial charge in [0.2, 0.25) is 5.76 Å². The second-order valence-corrected chi connectivity index (χ2v) is 6.12. The summed E-state index contributed by atoms with van der Waals surface area (Å²) < 4.78 is 24.3. The molecule has 0 aliphatic carbocycles. The molecule has 24 heavy (non-hydrogen) atoms. The summed E-state index contributed by atoms with van der Waals surface area (Å²) in [5.74, 6) is -1.50. The predicted octanol–water partition coefficient (Wildman–Crippen LogP) is 4.68. The van der Waals surface area contributed by atoms with E-state index in [0.29, 0.717) is 11.1 Å². The first-order valence-corrected chi connectivity index (χ1v) is 7.89. The highest BCUT2D eigenvalue weighted by atomic mass is 79.9. The summed E-state index contributed by atoms with van der Waals surface area (Å²) in [6.45, 7) is 1.31. The van der Waals surface area contributed by atoms with Crippen LogP contribution in [0.15, 0.2) is 51.4 Å². The summed E-state index contributed by atoms with van der Waals surface area (Å²) in [6, 6.07) is 10.4. The van der Waals surface area contributed by atoms with Gasteiger partial charge in [-0.25, -0.2) is 9.18 Å². The van der Waals surface area contributed by atoms with Crippen molar-refractivity contribution in [1.82, 2.24) is 0 Å². The van der Waals surface area contributed by atoms with Gasteiger partial charge in [0.15, 0.2) is 12.4 Å². The van der Waals surface area contributed by atoms with E-state index < -0.39 is 24.2 Å². The van der Waals surface area contributed by atoms with Crippen LogP contribution < -0.4 is 0 Å². The van der Waals surface area contributed by atoms with Gasteiger partial charge in [0.25, 0.3) is 0 Å². The second kappa shape index (κ2) is 6.57. The van der Waals surface area contributed by atoms with E-state index in [1.165, 1.54) is 24.3 Å². The predicted molar refractivity (Wildman–Crippen MR) is 89.7 cm³/mol. The van der Waals surface area contributed by atoms with Crippen molar-refractivity contribution in [2.45, 2.75) is 6.92 Å². The average Bonchev–Trinajstić information content (AvgIpc) is 2.89. The third-order valence-corrected chi connectivity index (χ3v) is 4.08. The monoisotopic (exact) mass is 390 g/mol. The van der Waals surface area contributed by atoms with Crippen LogP contribution in [0.5, 0.6) is 0 Å². The lowest BCUT2D eigenvalue weighted by atomic mass is 10.1. The lowest BCUT2D eigenvalue weighted by molar-refractivity contribution is 0.0445. The third kappa shape index (κ3) is 3.23. The molecule has 0 unspecified atom stereocenters. The molecular formula is C18H12BrFO4. The summed E-state index contributed by atoms with van der Waals surface area (Å²) in [7, 11) is 0. The van der Waals surface area contributed by atoms with Crippen LogP contribution in [0.3, 0.4) is 0 Å². The Morgan fingerprint density at radius 1 is 1.17 bits per heavy atom. The minimum atomic E-state index is -0.713. The van der Waals surface area contributed by atoms with Crippen molar-refractivity contribution in [2.75, 3.05) is 6.61 Å². The molecule has 0 N–H and O–H groups in total. The van der Waals surface area contributed by atoms with Gasteiger partial charge in [-0.1, -0.05) is 15.9 Å². The Balaban J connectivity index is 1.74. The zero-order valence-electron chi connectivity index (χ0n) is 12.6. The van der Waals surface area contributed by atoms with E-state index in [4.69, 9.17) is 9.15 Å². The fraction of sp³-hybridized carbons (Fsp3) is 0.111. The molecule has 0 aliphatic heterocycles. The molecule has 1 aromatic heterocycles. The van der Waals surface area contributed by atoms with Gasteiger partial charge in [0.1, 0.15) is 11.4 Å². The molecular weight excluding hydrogens is 379 g/mol. The van der Waals surface area contributed by atoms with Gasteiger partial charge >= 0.3 is 5.97 Å². The number of halogens is 2. The SMILES string of the molecule is Cc1c(C(=O)OCC(=O)c2ccc(F)cc2)oc2ccc(Br)cc12. The van der Waals surface area contributed by atoms with E-state index in [0.717, 1.165) is 9.86 Å². The molecule has 1 heterocycles. The van der Waals surface area contributed by atoms with Crippen molar-refractivity contribution in [3.8, 4) is 0 Å². The quantitative estimate of drug-likeness (QED) is 0.479. The number of carbonyl (C=O) groups is 2. The fourth-order valence-electron chi connectivity index (χ4n) is 2.30. The number of esters is 1. The molecule has 0 radical (unpaired) electrons. The van der Waals surface area contributed by atoms with E-state index >= 15 is 0 Å². The minimum absolute atomic E-state index is 0.0648. The standard InChI is InChI=1S/C18H12BrFO4/c1-10-14-8-12(19)4-7-16(14)24-17(10)18(22)23-9-15(21)11-2-5-13(20)6-3-11/h2-8H,9H2,1H3. The molecule has 3 rings (SSSR count). The molecule has 0 atom stereocenters. The third-order valence-electron chi connectivity index (χ3n) is 3.58. The van der Waals surface area contributed by atoms with Gasteiger partial charge < -0.3 is 9.15 Å². The maximum atomic E-state index is 12.8. The van der Waals surface area contributed by atoms with Crippen LogP contribution in [-0.2, 0) is 4.74 Å². The lowest BCUT2D eigenvalue weighted by Crippen LogP contribution is -2.14. The van der Waals surface area contributed by atoms with Crippen molar-refractivity contribution in [2.24, 2.45) is 0 Å². The molecule has 4 nitrogen and oxygen atoms in total. The lowest BCUT2D eigenvalue weighted by Gasteiger charge is -2.03. The van der Waals surface area contributed by atoms with Crippen LogP contribution in [0.25, 0.3) is 11.0 Å². The number of rotatable bonds is 4. The highest BCUT2D eigenvalue weighted by Gasteiger charge is 2.20. The average molecular weight is 391 g/mol. The first kappa shape index (κ1) is 16.4. The topological polar surface area (TPSA) is 56.5 Å². The highest BCUT2D eigenvalue weighted by Crippen LogP contribution is 2.28. The van der Waals surface area contributed by atoms with Crippen molar-refractivity contribution < 1.29 is 23.1 Å². The molecule has 3 aromatic rings. The van der Waals surface area contributed by atoms with Gasteiger partial charge in [-0.3, -0.25) is 4.79 Å². The fourth-order valence-corrected chi connectivity index (χ4v) is 2.66. The summed E-state index contributed by atoms with van der Waals surface area (Å²) >= 11 is 3.36. The summed E-state index contributed by atoms with van der Waals surface area (Å²) in [5, 5.41) is 0.793. The van der Waals surface area contributed by atoms with Gasteiger partial charge in [-0.05, 0) is 49.4 Å². The summed E-state index contributed by atoms with van der Waals surface area (Å²) in [4.78, 5) is 24.1. The second-order valence-electron chi connectivity index (χ2n) is 5.20. The Bertz CT molecular complexity index is 928. The number of benzene rings is 2. The zero-order chi connectivity index (χ0) is 17.3. The van der Waals surface area contributed by atoms with E-state index in [-0.39, 0.29) is 11.3 Å². The molecule has 0 fully saturated rings. The summed E-state index contributed by atoms with van der Waals surface area (Å²) in [5.41, 5.74) is 1.48. The Morgan fingerprint density at radius 2 is 1.88 bits per heavy atom. The highest BCUT2D eigenvalue weighted by molar-refractivity contribution is 9.10. The molecule has 0 spiro atoms. The van der Waals surface area contributed by atoms with Crippen molar-refractivity contribution in [1.29, 1.82) is 0 Å². The van der Waals surface area contributed by atoms with E-state index in [2.05, 4.69) is 15.9 Å². The Morgan fingerprint density at radius 3 is 2.58 bits per heavy atom. The Labute approximate surface area is 145 Å². The van der Waals surface area contributed by atoms with Crippen molar-refractivity contribution in [3.63, 3.8) is 0 Å². The zero-order valence-corrected chi connectivity index (χ0v) is 14.2. The molecule has 0 saturated heterocycles. The molecule has 6 heteroatoms. The largest absolute Gasteiger partial charge is 0.451 e. The number of hydrogen-bond acceptors (Lipinski definition) is 4. The molecule has 0 amide bonds. The molecule has 0 saturated carbocycles. The summed E-state index contributed by atoms with van der Waals surface area (Å²) in [6.07, 6.45) is 0. The van der Waals surface area contributed by atoms with Crippen molar-refractivity contribution in [3.05, 3.63) is 69.6 Å². The molecule has 0 aliphatic rings. The van der Waals surface area contributed by atoms with E-state index in [9.17, 15) is 14.0 Å². The van der Waals surface area contributed by atoms with Crippen molar-refractivity contribution >= 4 is 38.7 Å². The molecule has 2 aromatic carbocycles. The van der Waals surface area contributed by atoms with Gasteiger partial charge in [-0.2, -0.15) is 0 Å². The van der Waals surface area contributed by atoms with Crippen LogP contribution in [0.2, 0.25) is 0 Å². The molecule has 0 bridgehead atoms. The smallest absolute Gasteiger partial charge is 0.375 e. The Kier molecular flexibility index (Phi) is 4.49. The number of fused-ring (bicyclic) bond motifs is 1. The molecule has 122 valence electrons. The number of Topliss-reactive ketones (excluding diaryl/α,β-unsaturated/α-hetero) is 1. The van der Waals surface area contributed by atoms with Crippen LogP contribution in [0.4, 0.5) is 4.39 Å². The maximum Gasteiger partial charge on any atom is 0.375 e. The van der Waals surface area contributed by atoms with Gasteiger partial charge in [-0.15, -0.1) is 0 Å². The van der Waals surface area contributed by atoms with E-state index in [1.54, 1.807) is 19.1 Å². The first-order valence-electron chi connectivity index (χ1n) is 7.10.